The van der Waals surface area contributed by atoms with Crippen molar-refractivity contribution < 1.29 is 27.5 Å². The number of hydrogen-bond acceptors (Lipinski definition) is 6. The van der Waals surface area contributed by atoms with Crippen LogP contribution in [0, 0.1) is 0 Å². The number of carbonyl (C=O) groups is 2. The number of hydrogen-bond donors (Lipinski definition) is 1. The average Bonchev–Trinajstić information content (AvgIpc) is 2.74. The number of sulfonamides is 1. The summed E-state index contributed by atoms with van der Waals surface area (Å²) in [4.78, 5) is 24.3. The lowest BCUT2D eigenvalue weighted by atomic mass is 10.1. The molecule has 10 heteroatoms. The second-order valence-electron chi connectivity index (χ2n) is 6.18. The fourth-order valence-electron chi connectivity index (χ4n) is 2.82. The Bertz CT molecular complexity index is 1030. The number of anilines is 1. The Morgan fingerprint density at radius 1 is 1.14 bits per heavy atom. The first-order chi connectivity index (χ1) is 13.8. The van der Waals surface area contributed by atoms with Gasteiger partial charge in [0.15, 0.2) is 0 Å². The zero-order valence-electron chi connectivity index (χ0n) is 15.6. The van der Waals surface area contributed by atoms with Crippen molar-refractivity contribution in [3.05, 3.63) is 58.6 Å². The van der Waals surface area contributed by atoms with E-state index in [0.717, 1.165) is 0 Å². The third kappa shape index (κ3) is 4.76. The molecule has 0 saturated carbocycles. The summed E-state index contributed by atoms with van der Waals surface area (Å²) >= 11 is 6.13. The largest absolute Gasteiger partial charge is 0.465 e. The summed E-state index contributed by atoms with van der Waals surface area (Å²) in [5.41, 5.74) is 0.611. The molecule has 1 N–H and O–H groups in total. The monoisotopic (exact) mass is 438 g/mol. The number of amides is 1. The molecular weight excluding hydrogens is 420 g/mol. The van der Waals surface area contributed by atoms with E-state index in [1.165, 1.54) is 35.7 Å². The highest BCUT2D eigenvalue weighted by atomic mass is 35.5. The number of halogens is 1. The molecule has 0 radical (unpaired) electrons. The van der Waals surface area contributed by atoms with E-state index in [9.17, 15) is 18.0 Å². The van der Waals surface area contributed by atoms with Gasteiger partial charge in [0.25, 0.3) is 5.91 Å². The van der Waals surface area contributed by atoms with Gasteiger partial charge in [0.05, 0.1) is 41.4 Å². The smallest absolute Gasteiger partial charge is 0.337 e. The first-order valence-electron chi connectivity index (χ1n) is 8.70. The molecule has 154 valence electrons. The third-order valence-corrected chi connectivity index (χ3v) is 6.56. The van der Waals surface area contributed by atoms with E-state index in [2.05, 4.69) is 10.1 Å². The van der Waals surface area contributed by atoms with Crippen molar-refractivity contribution in [1.82, 2.24) is 4.31 Å². The van der Waals surface area contributed by atoms with Crippen LogP contribution in [0.4, 0.5) is 5.69 Å². The van der Waals surface area contributed by atoms with Crippen LogP contribution in [0.3, 0.4) is 0 Å². The number of rotatable bonds is 5. The topological polar surface area (TPSA) is 102 Å². The predicted octanol–water partition coefficient (Wildman–Crippen LogP) is 2.40. The standard InChI is InChI=1S/C19H19ClN2O6S/c1-27-19(24)13-3-2-4-14(11-13)21-18(23)16-12-15(5-6-17(16)20)29(25,26)22-7-9-28-10-8-22/h2-6,11-12H,7-10H2,1H3,(H,21,23). The molecule has 3 rings (SSSR count). The van der Waals surface area contributed by atoms with Crippen molar-refractivity contribution in [2.24, 2.45) is 0 Å². The maximum atomic E-state index is 12.8. The molecule has 8 nitrogen and oxygen atoms in total. The molecule has 0 atom stereocenters. The minimum absolute atomic E-state index is 0.00414. The summed E-state index contributed by atoms with van der Waals surface area (Å²) in [6, 6.07) is 10.1. The first-order valence-corrected chi connectivity index (χ1v) is 10.5. The van der Waals surface area contributed by atoms with Gasteiger partial charge < -0.3 is 14.8 Å². The van der Waals surface area contributed by atoms with Crippen LogP contribution < -0.4 is 5.32 Å². The van der Waals surface area contributed by atoms with Crippen LogP contribution in [0.1, 0.15) is 20.7 Å². The molecule has 0 bridgehead atoms. The van der Waals surface area contributed by atoms with Crippen molar-refractivity contribution in [2.75, 3.05) is 38.7 Å². The van der Waals surface area contributed by atoms with Gasteiger partial charge in [-0.05, 0) is 36.4 Å². The second kappa shape index (κ2) is 8.91. The van der Waals surface area contributed by atoms with E-state index in [4.69, 9.17) is 16.3 Å². The molecule has 0 unspecified atom stereocenters. The van der Waals surface area contributed by atoms with Crippen LogP contribution in [0.15, 0.2) is 47.4 Å². The number of nitrogens with zero attached hydrogens (tertiary/aromatic N) is 1. The molecule has 1 heterocycles. The SMILES string of the molecule is COC(=O)c1cccc(NC(=O)c2cc(S(=O)(=O)N3CCOCC3)ccc2Cl)c1. The number of ether oxygens (including phenoxy) is 2. The Morgan fingerprint density at radius 2 is 1.86 bits per heavy atom. The van der Waals surface area contributed by atoms with Crippen molar-refractivity contribution >= 4 is 39.2 Å². The predicted molar refractivity (Wildman–Crippen MR) is 107 cm³/mol. The molecule has 1 aliphatic rings. The van der Waals surface area contributed by atoms with Gasteiger partial charge in [-0.25, -0.2) is 13.2 Å². The third-order valence-electron chi connectivity index (χ3n) is 4.33. The summed E-state index contributed by atoms with van der Waals surface area (Å²) < 4.78 is 36.8. The zero-order chi connectivity index (χ0) is 21.0. The summed E-state index contributed by atoms with van der Waals surface area (Å²) in [6.07, 6.45) is 0. The Morgan fingerprint density at radius 3 is 2.55 bits per heavy atom. The molecular formula is C19H19ClN2O6S. The summed E-state index contributed by atoms with van der Waals surface area (Å²) in [7, 11) is -2.52. The van der Waals surface area contributed by atoms with Crippen molar-refractivity contribution in [1.29, 1.82) is 0 Å². The van der Waals surface area contributed by atoms with Crippen molar-refractivity contribution in [3.63, 3.8) is 0 Å². The van der Waals surface area contributed by atoms with E-state index in [1.807, 2.05) is 0 Å². The summed E-state index contributed by atoms with van der Waals surface area (Å²) in [5, 5.41) is 2.72. The maximum Gasteiger partial charge on any atom is 0.337 e. The Labute approximate surface area is 173 Å². The molecule has 1 saturated heterocycles. The number of benzene rings is 2. The van der Waals surface area contributed by atoms with E-state index < -0.39 is 21.9 Å². The van der Waals surface area contributed by atoms with Gasteiger partial charge in [-0.2, -0.15) is 4.31 Å². The van der Waals surface area contributed by atoms with Crippen LogP contribution in [0.2, 0.25) is 5.02 Å². The van der Waals surface area contributed by atoms with Gasteiger partial charge in [-0.15, -0.1) is 0 Å². The molecule has 2 aromatic carbocycles. The highest BCUT2D eigenvalue weighted by Crippen LogP contribution is 2.25. The first kappa shape index (κ1) is 21.3. The number of carbonyl (C=O) groups excluding carboxylic acids is 2. The molecule has 29 heavy (non-hydrogen) atoms. The van der Waals surface area contributed by atoms with E-state index >= 15 is 0 Å². The van der Waals surface area contributed by atoms with Crippen LogP contribution >= 0.6 is 11.6 Å². The normalized spacial score (nSPS) is 15.0. The molecule has 1 fully saturated rings. The van der Waals surface area contributed by atoms with Gasteiger partial charge in [0.2, 0.25) is 10.0 Å². The molecule has 0 aliphatic carbocycles. The van der Waals surface area contributed by atoms with Gasteiger partial charge in [-0.1, -0.05) is 17.7 Å². The number of esters is 1. The van der Waals surface area contributed by atoms with E-state index in [0.29, 0.717) is 18.9 Å². The molecule has 1 amide bonds. The van der Waals surface area contributed by atoms with E-state index in [1.54, 1.807) is 18.2 Å². The lowest BCUT2D eigenvalue weighted by molar-refractivity contribution is 0.0600. The van der Waals surface area contributed by atoms with Crippen LogP contribution in [-0.2, 0) is 19.5 Å². The Hall–Kier alpha value is -2.46. The quantitative estimate of drug-likeness (QED) is 0.719. The number of nitrogens with one attached hydrogen (secondary N) is 1. The molecule has 0 aromatic heterocycles. The zero-order valence-corrected chi connectivity index (χ0v) is 17.1. The maximum absolute atomic E-state index is 12.8. The minimum atomic E-state index is -3.78. The molecule has 2 aromatic rings. The highest BCUT2D eigenvalue weighted by Gasteiger charge is 2.27. The van der Waals surface area contributed by atoms with Crippen molar-refractivity contribution in [2.45, 2.75) is 4.90 Å². The van der Waals surface area contributed by atoms with Crippen molar-refractivity contribution in [3.8, 4) is 0 Å². The van der Waals surface area contributed by atoms with Gasteiger partial charge >= 0.3 is 5.97 Å². The number of morpholine rings is 1. The molecule has 1 aliphatic heterocycles. The summed E-state index contributed by atoms with van der Waals surface area (Å²) in [6.45, 7) is 1.12. The van der Waals surface area contributed by atoms with Gasteiger partial charge in [-0.3, -0.25) is 4.79 Å². The van der Waals surface area contributed by atoms with E-state index in [-0.39, 0.29) is 34.1 Å². The minimum Gasteiger partial charge on any atom is -0.465 e. The summed E-state index contributed by atoms with van der Waals surface area (Å²) in [5.74, 6) is -1.14. The lowest BCUT2D eigenvalue weighted by Crippen LogP contribution is -2.40. The van der Waals surface area contributed by atoms with Crippen LogP contribution in [-0.4, -0.2) is 58.0 Å². The fraction of sp³-hybridized carbons (Fsp3) is 0.263. The average molecular weight is 439 g/mol. The Kier molecular flexibility index (Phi) is 6.53. The van der Waals surface area contributed by atoms with Crippen LogP contribution in [0.5, 0.6) is 0 Å². The lowest BCUT2D eigenvalue weighted by Gasteiger charge is -2.26. The second-order valence-corrected chi connectivity index (χ2v) is 8.53. The van der Waals surface area contributed by atoms with Gasteiger partial charge in [0.1, 0.15) is 0 Å². The van der Waals surface area contributed by atoms with Gasteiger partial charge in [0, 0.05) is 18.8 Å². The van der Waals surface area contributed by atoms with Crippen LogP contribution in [0.25, 0.3) is 0 Å². The fourth-order valence-corrected chi connectivity index (χ4v) is 4.45. The number of methoxy groups -OCH3 is 1. The Balaban J connectivity index is 1.86. The highest BCUT2D eigenvalue weighted by molar-refractivity contribution is 7.89. The molecule has 0 spiro atoms.